The summed E-state index contributed by atoms with van der Waals surface area (Å²) in [5, 5.41) is 17.6. The van der Waals surface area contributed by atoms with Gasteiger partial charge in [-0.05, 0) is 52.2 Å². The Hall–Kier alpha value is -1.92. The summed E-state index contributed by atoms with van der Waals surface area (Å²) in [5.41, 5.74) is 1.70. The third-order valence-electron chi connectivity index (χ3n) is 3.57. The van der Waals surface area contributed by atoms with Gasteiger partial charge in [0.2, 0.25) is 5.91 Å². The van der Waals surface area contributed by atoms with E-state index >= 15 is 0 Å². The van der Waals surface area contributed by atoms with E-state index in [1.807, 2.05) is 47.2 Å². The van der Waals surface area contributed by atoms with Crippen LogP contribution in [0.15, 0.2) is 59.3 Å². The summed E-state index contributed by atoms with van der Waals surface area (Å²) in [5.74, 6) is -0.187. The summed E-state index contributed by atoms with van der Waals surface area (Å²) in [6, 6.07) is 13.1. The summed E-state index contributed by atoms with van der Waals surface area (Å²) in [4.78, 5) is 13.8. The normalized spacial score (nSPS) is 12.4. The van der Waals surface area contributed by atoms with E-state index in [-0.39, 0.29) is 5.91 Å². The average Bonchev–Trinajstić information content (AvgIpc) is 3.30. The number of hydrogen-bond acceptors (Lipinski definition) is 4. The summed E-state index contributed by atoms with van der Waals surface area (Å²) in [6.07, 6.45) is 2.55. The van der Waals surface area contributed by atoms with Crippen LogP contribution in [0.5, 0.6) is 0 Å². The van der Waals surface area contributed by atoms with Crippen LogP contribution in [0, 0.1) is 0 Å². The molecule has 2 aromatic heterocycles. The highest BCUT2D eigenvalue weighted by Crippen LogP contribution is 2.29. The van der Waals surface area contributed by atoms with E-state index < -0.39 is 6.10 Å². The average molecular weight is 390 g/mol. The molecule has 1 atom stereocenters. The first kappa shape index (κ1) is 17.9. The van der Waals surface area contributed by atoms with Gasteiger partial charge in [-0.2, -0.15) is 11.3 Å². The molecule has 0 spiro atoms. The van der Waals surface area contributed by atoms with Crippen molar-refractivity contribution in [2.75, 3.05) is 0 Å². The molecule has 6 heteroatoms. The summed E-state index contributed by atoms with van der Waals surface area (Å²) < 4.78 is 0. The van der Waals surface area contributed by atoms with E-state index in [0.717, 1.165) is 20.9 Å². The van der Waals surface area contributed by atoms with Crippen molar-refractivity contribution in [2.45, 2.75) is 12.6 Å². The van der Waals surface area contributed by atoms with E-state index in [2.05, 4.69) is 5.32 Å². The first-order valence-corrected chi connectivity index (χ1v) is 9.76. The van der Waals surface area contributed by atoms with Crippen molar-refractivity contribution in [1.82, 2.24) is 5.32 Å². The summed E-state index contributed by atoms with van der Waals surface area (Å²) in [7, 11) is 0. The topological polar surface area (TPSA) is 49.3 Å². The predicted octanol–water partition coefficient (Wildman–Crippen LogP) is 4.87. The molecule has 2 heterocycles. The number of amides is 1. The third-order valence-corrected chi connectivity index (χ3v) is 5.75. The van der Waals surface area contributed by atoms with Gasteiger partial charge in [0.15, 0.2) is 0 Å². The second-order valence-electron chi connectivity index (χ2n) is 5.34. The predicted molar refractivity (Wildman–Crippen MR) is 105 cm³/mol. The zero-order valence-corrected chi connectivity index (χ0v) is 15.6. The largest absolute Gasteiger partial charge is 0.383 e. The molecule has 0 saturated heterocycles. The fourth-order valence-corrected chi connectivity index (χ4v) is 4.08. The van der Waals surface area contributed by atoms with Gasteiger partial charge in [-0.15, -0.1) is 11.3 Å². The van der Waals surface area contributed by atoms with Crippen LogP contribution in [-0.4, -0.2) is 11.0 Å². The molecule has 128 valence electrons. The molecule has 1 aromatic carbocycles. The highest BCUT2D eigenvalue weighted by Gasteiger charge is 2.13. The smallest absolute Gasteiger partial charge is 0.244 e. The van der Waals surface area contributed by atoms with E-state index in [1.165, 1.54) is 17.4 Å². The lowest BCUT2D eigenvalue weighted by atomic mass is 10.2. The molecule has 0 aliphatic carbocycles. The molecular weight excluding hydrogens is 374 g/mol. The maximum Gasteiger partial charge on any atom is 0.244 e. The van der Waals surface area contributed by atoms with E-state index in [4.69, 9.17) is 11.6 Å². The number of nitrogens with one attached hydrogen (secondary N) is 1. The molecule has 0 aliphatic rings. The highest BCUT2D eigenvalue weighted by atomic mass is 35.5. The third kappa shape index (κ3) is 4.80. The van der Waals surface area contributed by atoms with Crippen LogP contribution in [0.25, 0.3) is 6.08 Å². The lowest BCUT2D eigenvalue weighted by Gasteiger charge is -2.05. The number of aliphatic hydroxyl groups excluding tert-OH is 1. The number of benzene rings is 1. The van der Waals surface area contributed by atoms with Crippen molar-refractivity contribution in [3.05, 3.63) is 85.2 Å². The Labute approximate surface area is 159 Å². The molecule has 0 saturated carbocycles. The van der Waals surface area contributed by atoms with Gasteiger partial charge in [-0.3, -0.25) is 4.79 Å². The van der Waals surface area contributed by atoms with Gasteiger partial charge in [-0.1, -0.05) is 29.8 Å². The van der Waals surface area contributed by atoms with Gasteiger partial charge in [0.1, 0.15) is 6.10 Å². The Morgan fingerprint density at radius 3 is 2.84 bits per heavy atom. The fourth-order valence-electron chi connectivity index (χ4n) is 2.24. The van der Waals surface area contributed by atoms with E-state index in [0.29, 0.717) is 11.6 Å². The maximum atomic E-state index is 11.9. The number of halogens is 1. The quantitative estimate of drug-likeness (QED) is 0.590. The monoisotopic (exact) mass is 389 g/mol. The molecule has 3 nitrogen and oxygen atoms in total. The Bertz CT molecular complexity index is 871. The molecule has 0 aliphatic heterocycles. The molecule has 0 fully saturated rings. The molecule has 3 rings (SSSR count). The number of hydrogen-bond donors (Lipinski definition) is 2. The van der Waals surface area contributed by atoms with Gasteiger partial charge in [0, 0.05) is 20.9 Å². The van der Waals surface area contributed by atoms with Crippen LogP contribution >= 0.6 is 34.3 Å². The maximum absolute atomic E-state index is 11.9. The fraction of sp³-hybridized carbons (Fsp3) is 0.105. The molecule has 1 amide bonds. The van der Waals surface area contributed by atoms with Crippen molar-refractivity contribution in [2.24, 2.45) is 0 Å². The zero-order chi connectivity index (χ0) is 17.6. The van der Waals surface area contributed by atoms with Crippen molar-refractivity contribution in [1.29, 1.82) is 0 Å². The number of aliphatic hydroxyl groups is 1. The molecule has 2 N–H and O–H groups in total. The second kappa shape index (κ2) is 8.45. The number of thiophene rings is 2. The van der Waals surface area contributed by atoms with Crippen LogP contribution in [-0.2, 0) is 11.3 Å². The molecular formula is C19H16ClNO2S2. The number of carbonyl (C=O) groups excluding carboxylic acids is 1. The van der Waals surface area contributed by atoms with E-state index in [1.54, 1.807) is 23.5 Å². The summed E-state index contributed by atoms with van der Waals surface area (Å²) >= 11 is 9.10. The molecule has 0 bridgehead atoms. The van der Waals surface area contributed by atoms with Gasteiger partial charge in [0.05, 0.1) is 6.54 Å². The van der Waals surface area contributed by atoms with Crippen molar-refractivity contribution in [3.63, 3.8) is 0 Å². The van der Waals surface area contributed by atoms with Gasteiger partial charge in [0.25, 0.3) is 0 Å². The first-order chi connectivity index (χ1) is 12.1. The highest BCUT2D eigenvalue weighted by molar-refractivity contribution is 7.12. The van der Waals surface area contributed by atoms with E-state index in [9.17, 15) is 9.90 Å². The Kier molecular flexibility index (Phi) is 6.04. The van der Waals surface area contributed by atoms with Crippen LogP contribution in [0.2, 0.25) is 5.02 Å². The number of rotatable bonds is 6. The van der Waals surface area contributed by atoms with Crippen LogP contribution in [0.3, 0.4) is 0 Å². The first-order valence-electron chi connectivity index (χ1n) is 7.62. The molecule has 0 unspecified atom stereocenters. The van der Waals surface area contributed by atoms with Crippen molar-refractivity contribution >= 4 is 46.3 Å². The minimum atomic E-state index is -0.610. The lowest BCUT2D eigenvalue weighted by Crippen LogP contribution is -2.19. The van der Waals surface area contributed by atoms with Gasteiger partial charge in [-0.25, -0.2) is 0 Å². The van der Waals surface area contributed by atoms with Crippen LogP contribution in [0.1, 0.15) is 27.0 Å². The summed E-state index contributed by atoms with van der Waals surface area (Å²) in [6.45, 7) is 0.423. The Morgan fingerprint density at radius 2 is 2.08 bits per heavy atom. The van der Waals surface area contributed by atoms with Crippen LogP contribution in [0.4, 0.5) is 0 Å². The Morgan fingerprint density at radius 1 is 1.24 bits per heavy atom. The zero-order valence-electron chi connectivity index (χ0n) is 13.2. The molecule has 3 aromatic rings. The molecule has 25 heavy (non-hydrogen) atoms. The Balaban J connectivity index is 1.55. The minimum absolute atomic E-state index is 0.187. The lowest BCUT2D eigenvalue weighted by molar-refractivity contribution is -0.116. The second-order valence-corrected chi connectivity index (χ2v) is 7.72. The SMILES string of the molecule is O=C(/C=C/c1ccccc1Cl)NCc1ccc([C@H](O)c2ccsc2)s1. The standard InChI is InChI=1S/C19H16ClNO2S2/c20-16-4-2-1-3-13(16)5-8-18(22)21-11-15-6-7-17(25-15)19(23)14-9-10-24-12-14/h1-10,12,19,23H,11H2,(H,21,22)/b8-5+/t19-/m1/s1. The van der Waals surface area contributed by atoms with Crippen LogP contribution < -0.4 is 5.32 Å². The van der Waals surface area contributed by atoms with Crippen molar-refractivity contribution < 1.29 is 9.90 Å². The molecule has 0 radical (unpaired) electrons. The van der Waals surface area contributed by atoms with Gasteiger partial charge < -0.3 is 10.4 Å². The van der Waals surface area contributed by atoms with Crippen molar-refractivity contribution in [3.8, 4) is 0 Å². The minimum Gasteiger partial charge on any atom is -0.383 e. The number of carbonyl (C=O) groups is 1. The van der Waals surface area contributed by atoms with Gasteiger partial charge >= 0.3 is 0 Å².